The maximum atomic E-state index is 5.24. The number of ether oxygens (including phenoxy) is 1. The number of guanidine groups is 1. The van der Waals surface area contributed by atoms with Gasteiger partial charge in [-0.3, -0.25) is 4.99 Å². The SMILES string of the molecule is CCCCCCNC(=NC)NCC1(CCOC)CCC1. The second-order valence-electron chi connectivity index (χ2n) is 6.01. The summed E-state index contributed by atoms with van der Waals surface area (Å²) in [6, 6.07) is 0. The minimum atomic E-state index is 0.440. The number of nitrogens with zero attached hydrogens (tertiary/aromatic N) is 1. The number of nitrogens with one attached hydrogen (secondary N) is 2. The van der Waals surface area contributed by atoms with Gasteiger partial charge < -0.3 is 15.4 Å². The van der Waals surface area contributed by atoms with E-state index in [0.717, 1.165) is 32.1 Å². The third-order valence-corrected chi connectivity index (χ3v) is 4.43. The predicted octanol–water partition coefficient (Wildman–Crippen LogP) is 2.94. The minimum absolute atomic E-state index is 0.440. The summed E-state index contributed by atoms with van der Waals surface area (Å²) in [5.41, 5.74) is 0.440. The molecule has 20 heavy (non-hydrogen) atoms. The van der Waals surface area contributed by atoms with Crippen LogP contribution in [-0.2, 0) is 4.74 Å². The van der Waals surface area contributed by atoms with Crippen molar-refractivity contribution in [2.45, 2.75) is 58.3 Å². The molecule has 0 unspecified atom stereocenters. The molecule has 2 N–H and O–H groups in total. The fourth-order valence-corrected chi connectivity index (χ4v) is 2.76. The zero-order valence-corrected chi connectivity index (χ0v) is 13.6. The lowest BCUT2D eigenvalue weighted by Crippen LogP contribution is -2.47. The van der Waals surface area contributed by atoms with Crippen LogP contribution in [0.2, 0.25) is 0 Å². The Balaban J connectivity index is 2.19. The Morgan fingerprint density at radius 3 is 2.55 bits per heavy atom. The molecule has 0 spiro atoms. The predicted molar refractivity (Wildman–Crippen MR) is 86.3 cm³/mol. The van der Waals surface area contributed by atoms with E-state index in [9.17, 15) is 0 Å². The lowest BCUT2D eigenvalue weighted by atomic mass is 9.67. The van der Waals surface area contributed by atoms with Gasteiger partial charge >= 0.3 is 0 Å². The average molecular weight is 283 g/mol. The molecule has 1 aliphatic carbocycles. The Morgan fingerprint density at radius 1 is 1.20 bits per heavy atom. The largest absolute Gasteiger partial charge is 0.385 e. The average Bonchev–Trinajstić information content (AvgIpc) is 2.43. The normalized spacial score (nSPS) is 17.6. The van der Waals surface area contributed by atoms with Crippen LogP contribution < -0.4 is 10.6 Å². The smallest absolute Gasteiger partial charge is 0.190 e. The zero-order chi connectivity index (χ0) is 14.7. The summed E-state index contributed by atoms with van der Waals surface area (Å²) in [5, 5.41) is 6.91. The number of hydrogen-bond acceptors (Lipinski definition) is 2. The van der Waals surface area contributed by atoms with Crippen LogP contribution in [0.15, 0.2) is 4.99 Å². The van der Waals surface area contributed by atoms with Crippen molar-refractivity contribution in [1.29, 1.82) is 0 Å². The van der Waals surface area contributed by atoms with Gasteiger partial charge in [-0.25, -0.2) is 0 Å². The molecule has 1 saturated carbocycles. The van der Waals surface area contributed by atoms with Gasteiger partial charge in [0.25, 0.3) is 0 Å². The summed E-state index contributed by atoms with van der Waals surface area (Å²) < 4.78 is 5.24. The Morgan fingerprint density at radius 2 is 2.00 bits per heavy atom. The molecule has 1 aliphatic rings. The summed E-state index contributed by atoms with van der Waals surface area (Å²) in [6.07, 6.45) is 10.3. The highest BCUT2D eigenvalue weighted by atomic mass is 16.5. The highest BCUT2D eigenvalue weighted by Crippen LogP contribution is 2.43. The van der Waals surface area contributed by atoms with Crippen LogP contribution in [0.25, 0.3) is 0 Å². The van der Waals surface area contributed by atoms with Gasteiger partial charge in [0.2, 0.25) is 0 Å². The number of aliphatic imine (C=N–C) groups is 1. The molecule has 0 aromatic heterocycles. The van der Waals surface area contributed by atoms with E-state index in [1.54, 1.807) is 7.11 Å². The highest BCUT2D eigenvalue weighted by Gasteiger charge is 2.36. The van der Waals surface area contributed by atoms with E-state index >= 15 is 0 Å². The lowest BCUT2D eigenvalue weighted by molar-refractivity contribution is 0.0732. The van der Waals surface area contributed by atoms with Gasteiger partial charge in [-0.2, -0.15) is 0 Å². The number of hydrogen-bond donors (Lipinski definition) is 2. The third kappa shape index (κ3) is 6.12. The van der Waals surface area contributed by atoms with Crippen molar-refractivity contribution in [1.82, 2.24) is 10.6 Å². The molecule has 1 fully saturated rings. The maximum Gasteiger partial charge on any atom is 0.190 e. The quantitative estimate of drug-likeness (QED) is 0.368. The molecule has 0 heterocycles. The second kappa shape index (κ2) is 10.0. The summed E-state index contributed by atoms with van der Waals surface area (Å²) in [7, 11) is 3.64. The van der Waals surface area contributed by atoms with Crippen molar-refractivity contribution in [3.8, 4) is 0 Å². The first-order valence-electron chi connectivity index (χ1n) is 8.20. The van der Waals surface area contributed by atoms with Gasteiger partial charge in [-0.05, 0) is 31.1 Å². The highest BCUT2D eigenvalue weighted by molar-refractivity contribution is 5.79. The van der Waals surface area contributed by atoms with Crippen molar-refractivity contribution >= 4 is 5.96 Å². The van der Waals surface area contributed by atoms with E-state index in [1.807, 2.05) is 7.05 Å². The number of methoxy groups -OCH3 is 1. The van der Waals surface area contributed by atoms with Crippen LogP contribution in [-0.4, -0.2) is 39.8 Å². The molecule has 4 nitrogen and oxygen atoms in total. The van der Waals surface area contributed by atoms with Gasteiger partial charge in [-0.1, -0.05) is 32.6 Å². The van der Waals surface area contributed by atoms with Crippen molar-refractivity contribution in [3.05, 3.63) is 0 Å². The van der Waals surface area contributed by atoms with Crippen molar-refractivity contribution in [3.63, 3.8) is 0 Å². The molecule has 0 atom stereocenters. The number of rotatable bonds is 10. The van der Waals surface area contributed by atoms with E-state index in [4.69, 9.17) is 4.74 Å². The van der Waals surface area contributed by atoms with Crippen LogP contribution in [0, 0.1) is 5.41 Å². The van der Waals surface area contributed by atoms with Gasteiger partial charge in [0, 0.05) is 33.9 Å². The summed E-state index contributed by atoms with van der Waals surface area (Å²) in [6.45, 7) is 5.15. The van der Waals surface area contributed by atoms with Crippen LogP contribution in [0.3, 0.4) is 0 Å². The fourth-order valence-electron chi connectivity index (χ4n) is 2.76. The maximum absolute atomic E-state index is 5.24. The van der Waals surface area contributed by atoms with Gasteiger partial charge in [0.1, 0.15) is 0 Å². The molecule has 0 radical (unpaired) electrons. The van der Waals surface area contributed by atoms with E-state index in [1.165, 1.54) is 44.9 Å². The van der Waals surface area contributed by atoms with Crippen molar-refractivity contribution < 1.29 is 4.74 Å². The summed E-state index contributed by atoms with van der Waals surface area (Å²) in [5.74, 6) is 0.949. The lowest BCUT2D eigenvalue weighted by Gasteiger charge is -2.42. The molecule has 0 amide bonds. The molecule has 0 aromatic carbocycles. The van der Waals surface area contributed by atoms with Gasteiger partial charge in [-0.15, -0.1) is 0 Å². The summed E-state index contributed by atoms with van der Waals surface area (Å²) >= 11 is 0. The van der Waals surface area contributed by atoms with E-state index in [0.29, 0.717) is 5.41 Å². The van der Waals surface area contributed by atoms with Gasteiger partial charge in [0.15, 0.2) is 5.96 Å². The molecule has 0 saturated heterocycles. The Hall–Kier alpha value is -0.770. The van der Waals surface area contributed by atoms with Crippen LogP contribution in [0.4, 0.5) is 0 Å². The third-order valence-electron chi connectivity index (χ3n) is 4.43. The zero-order valence-electron chi connectivity index (χ0n) is 13.6. The van der Waals surface area contributed by atoms with Crippen molar-refractivity contribution in [2.75, 3.05) is 33.9 Å². The van der Waals surface area contributed by atoms with E-state index in [2.05, 4.69) is 22.5 Å². The fraction of sp³-hybridized carbons (Fsp3) is 0.938. The Kier molecular flexibility index (Phi) is 8.67. The Bertz CT molecular complexity index is 275. The molecular weight excluding hydrogens is 250 g/mol. The van der Waals surface area contributed by atoms with Crippen LogP contribution in [0.5, 0.6) is 0 Å². The molecule has 0 aliphatic heterocycles. The van der Waals surface area contributed by atoms with Crippen molar-refractivity contribution in [2.24, 2.45) is 10.4 Å². The van der Waals surface area contributed by atoms with Crippen LogP contribution in [0.1, 0.15) is 58.3 Å². The monoisotopic (exact) mass is 283 g/mol. The van der Waals surface area contributed by atoms with E-state index in [-0.39, 0.29) is 0 Å². The van der Waals surface area contributed by atoms with E-state index < -0.39 is 0 Å². The number of unbranched alkanes of at least 4 members (excludes halogenated alkanes) is 3. The molecule has 1 rings (SSSR count). The summed E-state index contributed by atoms with van der Waals surface area (Å²) in [4.78, 5) is 4.31. The molecule has 4 heteroatoms. The first-order valence-corrected chi connectivity index (χ1v) is 8.20. The standard InChI is InChI=1S/C16H33N3O/c1-4-5-6-7-12-18-15(17-2)19-14-16(9-8-10-16)11-13-20-3/h4-14H2,1-3H3,(H2,17,18,19). The topological polar surface area (TPSA) is 45.7 Å². The molecule has 118 valence electrons. The Labute approximate surface area is 124 Å². The van der Waals surface area contributed by atoms with Crippen LogP contribution >= 0.6 is 0 Å². The minimum Gasteiger partial charge on any atom is -0.385 e. The first kappa shape index (κ1) is 17.3. The first-order chi connectivity index (χ1) is 9.76. The second-order valence-corrected chi connectivity index (χ2v) is 6.01. The molecule has 0 aromatic rings. The van der Waals surface area contributed by atoms with Gasteiger partial charge in [0.05, 0.1) is 0 Å². The molecular formula is C16H33N3O. The molecule has 0 bridgehead atoms.